The van der Waals surface area contributed by atoms with Crippen molar-refractivity contribution in [1.82, 2.24) is 0 Å². The summed E-state index contributed by atoms with van der Waals surface area (Å²) < 4.78 is 20.7. The molecule has 0 saturated carbocycles. The predicted molar refractivity (Wildman–Crippen MR) is 64.2 cm³/mol. The number of hydrogen-bond donors (Lipinski definition) is 0. The molecule has 0 aliphatic carbocycles. The zero-order valence-corrected chi connectivity index (χ0v) is 10.5. The van der Waals surface area contributed by atoms with Crippen LogP contribution in [0.2, 0.25) is 0 Å². The second-order valence-corrected chi connectivity index (χ2v) is 4.07. The molecule has 5 nitrogen and oxygen atoms in total. The monoisotopic (exact) mass is 252 g/mol. The highest BCUT2D eigenvalue weighted by Gasteiger charge is 2.16. The zero-order valence-electron chi connectivity index (χ0n) is 10.5. The summed E-state index contributed by atoms with van der Waals surface area (Å²) in [5, 5.41) is 0. The Hall–Kier alpha value is -1.59. The SMILES string of the molecule is COCC(C)OCC(=O)c1ccc2c(c1)OCO2. The Morgan fingerprint density at radius 1 is 1.39 bits per heavy atom. The lowest BCUT2D eigenvalue weighted by molar-refractivity contribution is 0.0125. The third kappa shape index (κ3) is 3.00. The van der Waals surface area contributed by atoms with Crippen molar-refractivity contribution in [3.63, 3.8) is 0 Å². The molecule has 0 fully saturated rings. The van der Waals surface area contributed by atoms with Gasteiger partial charge in [0.2, 0.25) is 6.79 Å². The van der Waals surface area contributed by atoms with E-state index in [2.05, 4.69) is 0 Å². The summed E-state index contributed by atoms with van der Waals surface area (Å²) in [5.41, 5.74) is 0.559. The van der Waals surface area contributed by atoms with Gasteiger partial charge in [-0.05, 0) is 25.1 Å². The molecule has 1 aliphatic heterocycles. The van der Waals surface area contributed by atoms with Crippen LogP contribution in [-0.4, -0.2) is 39.0 Å². The van der Waals surface area contributed by atoms with Gasteiger partial charge < -0.3 is 18.9 Å². The van der Waals surface area contributed by atoms with Gasteiger partial charge in [-0.3, -0.25) is 4.79 Å². The Labute approximate surface area is 106 Å². The van der Waals surface area contributed by atoms with E-state index in [-0.39, 0.29) is 25.3 Å². The molecule has 1 heterocycles. The topological polar surface area (TPSA) is 54.0 Å². The molecule has 0 aromatic heterocycles. The normalized spacial score (nSPS) is 14.6. The quantitative estimate of drug-likeness (QED) is 0.720. The maximum Gasteiger partial charge on any atom is 0.231 e. The Kier molecular flexibility index (Phi) is 4.17. The lowest BCUT2D eigenvalue weighted by Crippen LogP contribution is -2.19. The van der Waals surface area contributed by atoms with Crippen LogP contribution in [0.25, 0.3) is 0 Å². The van der Waals surface area contributed by atoms with E-state index < -0.39 is 0 Å². The van der Waals surface area contributed by atoms with E-state index in [0.29, 0.717) is 23.7 Å². The smallest absolute Gasteiger partial charge is 0.231 e. The van der Waals surface area contributed by atoms with Gasteiger partial charge in [0.15, 0.2) is 17.3 Å². The van der Waals surface area contributed by atoms with Crippen LogP contribution < -0.4 is 9.47 Å². The summed E-state index contributed by atoms with van der Waals surface area (Å²) in [4.78, 5) is 11.9. The summed E-state index contributed by atoms with van der Waals surface area (Å²) >= 11 is 0. The molecule has 5 heteroatoms. The second kappa shape index (κ2) is 5.84. The molecule has 0 saturated heterocycles. The number of ketones is 1. The van der Waals surface area contributed by atoms with Crippen molar-refractivity contribution in [3.05, 3.63) is 23.8 Å². The van der Waals surface area contributed by atoms with Crippen molar-refractivity contribution in [2.24, 2.45) is 0 Å². The van der Waals surface area contributed by atoms with Crippen molar-refractivity contribution in [3.8, 4) is 11.5 Å². The van der Waals surface area contributed by atoms with Gasteiger partial charge in [0.25, 0.3) is 0 Å². The minimum atomic E-state index is -0.104. The third-order valence-corrected chi connectivity index (χ3v) is 2.59. The van der Waals surface area contributed by atoms with Crippen LogP contribution in [0.4, 0.5) is 0 Å². The largest absolute Gasteiger partial charge is 0.454 e. The first-order valence-corrected chi connectivity index (χ1v) is 5.74. The first kappa shape index (κ1) is 12.9. The van der Waals surface area contributed by atoms with E-state index in [1.54, 1.807) is 25.3 Å². The number of rotatable bonds is 6. The van der Waals surface area contributed by atoms with E-state index in [9.17, 15) is 4.79 Å². The molecule has 98 valence electrons. The van der Waals surface area contributed by atoms with Crippen molar-refractivity contribution in [2.45, 2.75) is 13.0 Å². The van der Waals surface area contributed by atoms with Gasteiger partial charge >= 0.3 is 0 Å². The summed E-state index contributed by atoms with van der Waals surface area (Å²) in [6.45, 7) is 2.56. The molecule has 18 heavy (non-hydrogen) atoms. The summed E-state index contributed by atoms with van der Waals surface area (Å²) in [5.74, 6) is 1.18. The van der Waals surface area contributed by atoms with Gasteiger partial charge in [0.05, 0.1) is 12.7 Å². The van der Waals surface area contributed by atoms with Crippen molar-refractivity contribution < 1.29 is 23.7 Å². The Bertz CT molecular complexity index is 429. The molecule has 1 aromatic rings. The highest BCUT2D eigenvalue weighted by atomic mass is 16.7. The highest BCUT2D eigenvalue weighted by molar-refractivity contribution is 5.97. The fourth-order valence-corrected chi connectivity index (χ4v) is 1.65. The van der Waals surface area contributed by atoms with E-state index in [1.807, 2.05) is 6.92 Å². The first-order valence-electron chi connectivity index (χ1n) is 5.74. The number of hydrogen-bond acceptors (Lipinski definition) is 5. The van der Waals surface area contributed by atoms with Gasteiger partial charge in [-0.15, -0.1) is 0 Å². The minimum Gasteiger partial charge on any atom is -0.454 e. The number of benzene rings is 1. The predicted octanol–water partition coefficient (Wildman–Crippen LogP) is 1.65. The summed E-state index contributed by atoms with van der Waals surface area (Å²) in [6.07, 6.45) is -0.104. The number of carbonyl (C=O) groups is 1. The average molecular weight is 252 g/mol. The molecule has 2 rings (SSSR count). The van der Waals surface area contributed by atoms with Crippen LogP contribution in [-0.2, 0) is 9.47 Å². The third-order valence-electron chi connectivity index (χ3n) is 2.59. The fourth-order valence-electron chi connectivity index (χ4n) is 1.65. The highest BCUT2D eigenvalue weighted by Crippen LogP contribution is 2.32. The molecular weight excluding hydrogens is 236 g/mol. The molecular formula is C13H16O5. The van der Waals surface area contributed by atoms with Crippen molar-refractivity contribution in [1.29, 1.82) is 0 Å². The number of ether oxygens (including phenoxy) is 4. The molecule has 0 N–H and O–H groups in total. The Morgan fingerprint density at radius 3 is 2.94 bits per heavy atom. The van der Waals surface area contributed by atoms with E-state index in [4.69, 9.17) is 18.9 Å². The maximum absolute atomic E-state index is 11.9. The molecule has 0 radical (unpaired) electrons. The van der Waals surface area contributed by atoms with Gasteiger partial charge in [0, 0.05) is 12.7 Å². The van der Waals surface area contributed by atoms with Gasteiger partial charge in [0.1, 0.15) is 6.61 Å². The van der Waals surface area contributed by atoms with Crippen LogP contribution in [0.5, 0.6) is 11.5 Å². The van der Waals surface area contributed by atoms with Gasteiger partial charge in [-0.2, -0.15) is 0 Å². The van der Waals surface area contributed by atoms with Crippen molar-refractivity contribution >= 4 is 5.78 Å². The van der Waals surface area contributed by atoms with Crippen LogP contribution in [0, 0.1) is 0 Å². The standard InChI is InChI=1S/C13H16O5/c1-9(6-15-2)16-7-11(14)10-3-4-12-13(5-10)18-8-17-12/h3-5,9H,6-8H2,1-2H3. The van der Waals surface area contributed by atoms with E-state index >= 15 is 0 Å². The number of Topliss-reactive ketones (excluding diaryl/α,β-unsaturated/α-hetero) is 1. The maximum atomic E-state index is 11.9. The average Bonchev–Trinajstić information content (AvgIpc) is 2.83. The zero-order chi connectivity index (χ0) is 13.0. The van der Waals surface area contributed by atoms with Crippen LogP contribution in [0.1, 0.15) is 17.3 Å². The molecule has 0 bridgehead atoms. The summed E-state index contributed by atoms with van der Waals surface area (Å²) in [7, 11) is 1.60. The molecule has 1 unspecified atom stereocenters. The van der Waals surface area contributed by atoms with Crippen LogP contribution in [0.3, 0.4) is 0 Å². The Morgan fingerprint density at radius 2 is 2.17 bits per heavy atom. The number of methoxy groups -OCH3 is 1. The Balaban J connectivity index is 1.93. The number of carbonyl (C=O) groups excluding carboxylic acids is 1. The van der Waals surface area contributed by atoms with Crippen molar-refractivity contribution in [2.75, 3.05) is 27.1 Å². The molecule has 1 aliphatic rings. The van der Waals surface area contributed by atoms with Crippen LogP contribution >= 0.6 is 0 Å². The molecule has 0 amide bonds. The molecule has 1 aromatic carbocycles. The van der Waals surface area contributed by atoms with Gasteiger partial charge in [-0.25, -0.2) is 0 Å². The van der Waals surface area contributed by atoms with E-state index in [0.717, 1.165) is 0 Å². The lowest BCUT2D eigenvalue weighted by Gasteiger charge is -2.11. The van der Waals surface area contributed by atoms with Crippen LogP contribution in [0.15, 0.2) is 18.2 Å². The number of fused-ring (bicyclic) bond motifs is 1. The fraction of sp³-hybridized carbons (Fsp3) is 0.462. The molecule has 1 atom stereocenters. The summed E-state index contributed by atoms with van der Waals surface area (Å²) in [6, 6.07) is 5.11. The van der Waals surface area contributed by atoms with E-state index in [1.165, 1.54) is 0 Å². The second-order valence-electron chi connectivity index (χ2n) is 4.07. The molecule has 0 spiro atoms. The lowest BCUT2D eigenvalue weighted by atomic mass is 10.1. The van der Waals surface area contributed by atoms with Gasteiger partial charge in [-0.1, -0.05) is 0 Å². The minimum absolute atomic E-state index is 0.0319. The first-order chi connectivity index (χ1) is 8.70.